The third-order valence-electron chi connectivity index (χ3n) is 3.27. The molecule has 0 amide bonds. The Balaban J connectivity index is 2.13. The van der Waals surface area contributed by atoms with Gasteiger partial charge in [0.05, 0.1) is 10.9 Å². The van der Waals surface area contributed by atoms with Gasteiger partial charge in [-0.1, -0.05) is 18.5 Å². The summed E-state index contributed by atoms with van der Waals surface area (Å²) in [6, 6.07) is 6.20. The van der Waals surface area contributed by atoms with Crippen molar-refractivity contribution in [3.05, 3.63) is 44.9 Å². The molecule has 1 N–H and O–H groups in total. The molecule has 0 atom stereocenters. The minimum Gasteiger partial charge on any atom is -0.369 e. The quantitative estimate of drug-likeness (QED) is 0.772. The number of pyridine rings is 1. The zero-order valence-corrected chi connectivity index (χ0v) is 14.4. The van der Waals surface area contributed by atoms with Gasteiger partial charge in [-0.3, -0.25) is 4.98 Å². The van der Waals surface area contributed by atoms with Crippen LogP contribution in [0.2, 0.25) is 4.34 Å². The fraction of sp³-hybridized carbons (Fsp3) is 0.438. The fourth-order valence-corrected chi connectivity index (χ4v) is 3.36. The second-order valence-corrected chi connectivity index (χ2v) is 6.99. The number of aromatic nitrogens is 1. The number of halogens is 1. The third-order valence-corrected chi connectivity index (χ3v) is 4.49. The van der Waals surface area contributed by atoms with Crippen molar-refractivity contribution in [2.75, 3.05) is 18.5 Å². The second-order valence-electron chi connectivity index (χ2n) is 5.19. The fourth-order valence-electron chi connectivity index (χ4n) is 2.22. The molecule has 0 aromatic carbocycles. The van der Waals surface area contributed by atoms with Gasteiger partial charge in [0, 0.05) is 41.6 Å². The van der Waals surface area contributed by atoms with Crippen molar-refractivity contribution in [1.29, 1.82) is 0 Å². The van der Waals surface area contributed by atoms with Gasteiger partial charge in [-0.05, 0) is 38.1 Å². The number of nitrogens with zero attached hydrogens (tertiary/aromatic N) is 2. The Morgan fingerprint density at radius 3 is 2.86 bits per heavy atom. The molecule has 21 heavy (non-hydrogen) atoms. The van der Waals surface area contributed by atoms with E-state index in [0.29, 0.717) is 0 Å². The van der Waals surface area contributed by atoms with Gasteiger partial charge in [-0.15, -0.1) is 11.3 Å². The first-order valence-corrected chi connectivity index (χ1v) is 8.41. The molecule has 3 nitrogen and oxygen atoms in total. The van der Waals surface area contributed by atoms with Crippen LogP contribution in [0.3, 0.4) is 0 Å². The highest BCUT2D eigenvalue weighted by Crippen LogP contribution is 2.26. The van der Waals surface area contributed by atoms with E-state index in [-0.39, 0.29) is 0 Å². The maximum Gasteiger partial charge on any atom is 0.0931 e. The summed E-state index contributed by atoms with van der Waals surface area (Å²) in [5.74, 6) is 0. The Bertz CT molecular complexity index is 583. The van der Waals surface area contributed by atoms with Crippen molar-refractivity contribution in [3.63, 3.8) is 0 Å². The zero-order valence-electron chi connectivity index (χ0n) is 12.8. The van der Waals surface area contributed by atoms with Gasteiger partial charge in [0.1, 0.15) is 0 Å². The third kappa shape index (κ3) is 4.70. The van der Waals surface area contributed by atoms with Crippen LogP contribution in [0.5, 0.6) is 0 Å². The average molecular weight is 324 g/mol. The normalized spacial score (nSPS) is 10.9. The van der Waals surface area contributed by atoms with Gasteiger partial charge in [-0.25, -0.2) is 0 Å². The highest BCUT2D eigenvalue weighted by molar-refractivity contribution is 7.16. The number of hydrogen-bond acceptors (Lipinski definition) is 4. The summed E-state index contributed by atoms with van der Waals surface area (Å²) in [6.07, 6.45) is 3.11. The minimum absolute atomic E-state index is 0.842. The monoisotopic (exact) mass is 323 g/mol. The lowest BCUT2D eigenvalue weighted by molar-refractivity contribution is 0.672. The molecule has 0 unspecified atom stereocenters. The first-order valence-electron chi connectivity index (χ1n) is 7.21. The zero-order chi connectivity index (χ0) is 15.2. The van der Waals surface area contributed by atoms with E-state index in [1.807, 2.05) is 19.2 Å². The summed E-state index contributed by atoms with van der Waals surface area (Å²) >= 11 is 7.65. The predicted octanol–water partition coefficient (Wildman–Crippen LogP) is 4.24. The summed E-state index contributed by atoms with van der Waals surface area (Å²) < 4.78 is 0.842. The van der Waals surface area contributed by atoms with Crippen molar-refractivity contribution in [3.8, 4) is 0 Å². The number of nitrogens with one attached hydrogen (secondary N) is 1. The van der Waals surface area contributed by atoms with Gasteiger partial charge in [0.25, 0.3) is 0 Å². The van der Waals surface area contributed by atoms with E-state index in [1.165, 1.54) is 16.1 Å². The van der Waals surface area contributed by atoms with Gasteiger partial charge in [0.15, 0.2) is 0 Å². The Kier molecular flexibility index (Phi) is 6.03. The Hall–Kier alpha value is -1.10. The Morgan fingerprint density at radius 1 is 1.38 bits per heavy atom. The highest BCUT2D eigenvalue weighted by Gasteiger charge is 2.10. The van der Waals surface area contributed by atoms with Crippen LogP contribution in [0.1, 0.15) is 29.5 Å². The maximum atomic E-state index is 6.01. The molecule has 0 saturated heterocycles. The Labute approximate surface area is 136 Å². The van der Waals surface area contributed by atoms with Gasteiger partial charge >= 0.3 is 0 Å². The van der Waals surface area contributed by atoms with Crippen LogP contribution in [-0.2, 0) is 13.1 Å². The standard InChI is InChI=1S/C16H22ClN3S/c1-4-7-18-9-13-10-19-12(2)8-15(13)20(3)11-14-5-6-16(17)21-14/h5-6,8,10,18H,4,7,9,11H2,1-3H3. The lowest BCUT2D eigenvalue weighted by Crippen LogP contribution is -2.21. The summed E-state index contributed by atoms with van der Waals surface area (Å²) in [7, 11) is 2.12. The molecule has 2 rings (SSSR count). The van der Waals surface area contributed by atoms with Crippen LogP contribution < -0.4 is 10.2 Å². The van der Waals surface area contributed by atoms with Crippen molar-refractivity contribution < 1.29 is 0 Å². The topological polar surface area (TPSA) is 28.2 Å². The van der Waals surface area contributed by atoms with Crippen LogP contribution in [0.15, 0.2) is 24.4 Å². The SMILES string of the molecule is CCCNCc1cnc(C)cc1N(C)Cc1ccc(Cl)s1. The molecule has 2 aromatic rings. The van der Waals surface area contributed by atoms with Gasteiger partial charge < -0.3 is 10.2 Å². The molecule has 114 valence electrons. The van der Waals surface area contributed by atoms with Gasteiger partial charge in [0.2, 0.25) is 0 Å². The van der Waals surface area contributed by atoms with Crippen LogP contribution in [-0.4, -0.2) is 18.6 Å². The molecule has 0 aliphatic rings. The lowest BCUT2D eigenvalue weighted by atomic mass is 10.2. The largest absolute Gasteiger partial charge is 0.369 e. The molecule has 0 bridgehead atoms. The summed E-state index contributed by atoms with van der Waals surface area (Å²) in [6.45, 7) is 6.95. The number of hydrogen-bond donors (Lipinski definition) is 1. The van der Waals surface area contributed by atoms with E-state index in [4.69, 9.17) is 11.6 Å². The van der Waals surface area contributed by atoms with Crippen molar-refractivity contribution in [1.82, 2.24) is 10.3 Å². The van der Waals surface area contributed by atoms with E-state index in [9.17, 15) is 0 Å². The molecule has 5 heteroatoms. The molecule has 0 aliphatic heterocycles. The first kappa shape index (κ1) is 16.3. The Morgan fingerprint density at radius 2 is 2.19 bits per heavy atom. The van der Waals surface area contributed by atoms with Gasteiger partial charge in [-0.2, -0.15) is 0 Å². The molecule has 0 radical (unpaired) electrons. The van der Waals surface area contributed by atoms with Crippen LogP contribution >= 0.6 is 22.9 Å². The van der Waals surface area contributed by atoms with Crippen LogP contribution in [0, 0.1) is 6.92 Å². The predicted molar refractivity (Wildman–Crippen MR) is 92.4 cm³/mol. The number of anilines is 1. The van der Waals surface area contributed by atoms with Crippen molar-refractivity contribution in [2.24, 2.45) is 0 Å². The first-order chi connectivity index (χ1) is 10.1. The van der Waals surface area contributed by atoms with E-state index < -0.39 is 0 Å². The molecule has 0 aliphatic carbocycles. The van der Waals surface area contributed by atoms with E-state index in [2.05, 4.69) is 41.3 Å². The minimum atomic E-state index is 0.842. The second kappa shape index (κ2) is 7.78. The molecule has 0 spiro atoms. The van der Waals surface area contributed by atoms with E-state index in [0.717, 1.165) is 36.1 Å². The summed E-state index contributed by atoms with van der Waals surface area (Å²) in [4.78, 5) is 7.96. The lowest BCUT2D eigenvalue weighted by Gasteiger charge is -2.22. The molecule has 0 saturated carbocycles. The van der Waals surface area contributed by atoms with Crippen LogP contribution in [0.25, 0.3) is 0 Å². The van der Waals surface area contributed by atoms with E-state index >= 15 is 0 Å². The number of thiophene rings is 1. The van der Waals surface area contributed by atoms with Crippen molar-refractivity contribution in [2.45, 2.75) is 33.4 Å². The maximum absolute atomic E-state index is 6.01. The molecule has 0 fully saturated rings. The molecule has 2 heterocycles. The van der Waals surface area contributed by atoms with Crippen LogP contribution in [0.4, 0.5) is 5.69 Å². The van der Waals surface area contributed by atoms with Crippen molar-refractivity contribution >= 4 is 28.6 Å². The number of aryl methyl sites for hydroxylation is 1. The summed E-state index contributed by atoms with van der Waals surface area (Å²) in [5, 5.41) is 3.45. The van der Waals surface area contributed by atoms with E-state index in [1.54, 1.807) is 11.3 Å². The molecule has 2 aromatic heterocycles. The number of rotatable bonds is 7. The summed E-state index contributed by atoms with van der Waals surface area (Å²) in [5.41, 5.74) is 3.51. The highest BCUT2D eigenvalue weighted by atomic mass is 35.5. The smallest absolute Gasteiger partial charge is 0.0931 e. The molecular weight excluding hydrogens is 302 g/mol. The average Bonchev–Trinajstić information content (AvgIpc) is 2.86. The molecular formula is C16H22ClN3S.